The van der Waals surface area contributed by atoms with E-state index < -0.39 is 0 Å². The number of ether oxygens (including phenoxy) is 1. The Bertz CT molecular complexity index is 1420. The van der Waals surface area contributed by atoms with Crippen LogP contribution < -0.4 is 10.1 Å². The van der Waals surface area contributed by atoms with Crippen molar-refractivity contribution in [1.29, 1.82) is 0 Å². The van der Waals surface area contributed by atoms with E-state index in [1.54, 1.807) is 31.4 Å². The van der Waals surface area contributed by atoms with Crippen LogP contribution in [0.3, 0.4) is 0 Å². The van der Waals surface area contributed by atoms with Crippen LogP contribution in [0.15, 0.2) is 72.8 Å². The van der Waals surface area contributed by atoms with Gasteiger partial charge in [0.25, 0.3) is 11.8 Å². The van der Waals surface area contributed by atoms with E-state index in [2.05, 4.69) is 5.32 Å². The number of pyridine rings is 1. The molecule has 0 aliphatic carbocycles. The zero-order valence-electron chi connectivity index (χ0n) is 21.3. The normalized spacial score (nSPS) is 13.7. The highest BCUT2D eigenvalue weighted by atomic mass is 16.5. The van der Waals surface area contributed by atoms with Gasteiger partial charge in [-0.05, 0) is 79.9 Å². The van der Waals surface area contributed by atoms with Crippen LogP contribution >= 0.6 is 0 Å². The summed E-state index contributed by atoms with van der Waals surface area (Å²) in [5.74, 6) is 0.593. The molecule has 1 aliphatic heterocycles. The Labute approximate surface area is 217 Å². The number of rotatable bonds is 5. The molecule has 2 amide bonds. The van der Waals surface area contributed by atoms with Gasteiger partial charge in [-0.1, -0.05) is 31.0 Å². The lowest BCUT2D eigenvalue weighted by Gasteiger charge is -2.20. The van der Waals surface area contributed by atoms with Crippen LogP contribution in [0.25, 0.3) is 22.2 Å². The number of anilines is 1. The molecular formula is C31H31N3O3. The molecule has 1 aliphatic rings. The van der Waals surface area contributed by atoms with Gasteiger partial charge in [0.15, 0.2) is 0 Å². The Morgan fingerprint density at radius 3 is 2.27 bits per heavy atom. The number of nitrogens with zero attached hydrogens (tertiary/aromatic N) is 2. The lowest BCUT2D eigenvalue weighted by Crippen LogP contribution is -2.31. The summed E-state index contributed by atoms with van der Waals surface area (Å²) < 4.78 is 5.28. The molecular weight excluding hydrogens is 462 g/mol. The van der Waals surface area contributed by atoms with E-state index in [1.807, 2.05) is 60.4 Å². The molecule has 1 fully saturated rings. The predicted molar refractivity (Wildman–Crippen MR) is 147 cm³/mol. The number of methoxy groups -OCH3 is 1. The van der Waals surface area contributed by atoms with Crippen molar-refractivity contribution in [2.45, 2.75) is 32.6 Å². The number of fused-ring (bicyclic) bond motifs is 1. The molecule has 0 unspecified atom stereocenters. The highest BCUT2D eigenvalue weighted by Crippen LogP contribution is 2.28. The van der Waals surface area contributed by atoms with Gasteiger partial charge in [-0.3, -0.25) is 9.59 Å². The van der Waals surface area contributed by atoms with Gasteiger partial charge in [0, 0.05) is 35.3 Å². The van der Waals surface area contributed by atoms with Gasteiger partial charge in [0.1, 0.15) is 5.75 Å². The molecule has 0 spiro atoms. The predicted octanol–water partition coefficient (Wildman–Crippen LogP) is 6.49. The quantitative estimate of drug-likeness (QED) is 0.345. The molecule has 0 saturated carbocycles. The second kappa shape index (κ2) is 10.8. The topological polar surface area (TPSA) is 71.5 Å². The molecule has 6 heteroatoms. The largest absolute Gasteiger partial charge is 0.497 e. The van der Waals surface area contributed by atoms with E-state index in [0.29, 0.717) is 22.5 Å². The van der Waals surface area contributed by atoms with Crippen LogP contribution in [-0.4, -0.2) is 41.9 Å². The van der Waals surface area contributed by atoms with Gasteiger partial charge >= 0.3 is 0 Å². The average molecular weight is 494 g/mol. The van der Waals surface area contributed by atoms with Crippen LogP contribution in [0.5, 0.6) is 5.75 Å². The SMILES string of the molecule is COc1ccc(-c2cc(C(=O)Nc3ccc(C(=O)N4CCCCCC4)cc3)c3cccc(C)c3n2)cc1. The van der Waals surface area contributed by atoms with E-state index in [4.69, 9.17) is 9.72 Å². The maximum atomic E-state index is 13.5. The van der Waals surface area contributed by atoms with Gasteiger partial charge in [-0.25, -0.2) is 4.98 Å². The number of aryl methyl sites for hydroxylation is 1. The number of carbonyl (C=O) groups excluding carboxylic acids is 2. The van der Waals surface area contributed by atoms with Crippen molar-refractivity contribution in [2.24, 2.45) is 0 Å². The first-order valence-corrected chi connectivity index (χ1v) is 12.8. The zero-order chi connectivity index (χ0) is 25.8. The first kappa shape index (κ1) is 24.5. The van der Waals surface area contributed by atoms with Crippen molar-refractivity contribution >= 4 is 28.4 Å². The van der Waals surface area contributed by atoms with Crippen LogP contribution in [0.2, 0.25) is 0 Å². The van der Waals surface area contributed by atoms with Crippen molar-refractivity contribution in [3.63, 3.8) is 0 Å². The molecule has 5 rings (SSSR count). The fraction of sp³-hybridized carbons (Fsp3) is 0.258. The summed E-state index contributed by atoms with van der Waals surface area (Å²) >= 11 is 0. The molecule has 1 N–H and O–H groups in total. The zero-order valence-corrected chi connectivity index (χ0v) is 21.3. The molecule has 1 saturated heterocycles. The van der Waals surface area contributed by atoms with Crippen molar-refractivity contribution in [1.82, 2.24) is 9.88 Å². The van der Waals surface area contributed by atoms with Crippen molar-refractivity contribution in [2.75, 3.05) is 25.5 Å². The second-order valence-electron chi connectivity index (χ2n) is 9.49. The van der Waals surface area contributed by atoms with E-state index in [-0.39, 0.29) is 11.8 Å². The van der Waals surface area contributed by atoms with Crippen LogP contribution in [0.4, 0.5) is 5.69 Å². The monoisotopic (exact) mass is 493 g/mol. The number of likely N-dealkylation sites (tertiary alicyclic amines) is 1. The molecule has 1 aromatic heterocycles. The Morgan fingerprint density at radius 1 is 0.892 bits per heavy atom. The standard InChI is InChI=1S/C31H31N3O3/c1-21-8-7-9-26-27(20-28(33-29(21)26)22-12-16-25(37-2)17-13-22)30(35)32-24-14-10-23(11-15-24)31(36)34-18-5-3-4-6-19-34/h7-17,20H,3-6,18-19H2,1-2H3,(H,32,35). The van der Waals surface area contributed by atoms with Gasteiger partial charge in [0.05, 0.1) is 23.9 Å². The summed E-state index contributed by atoms with van der Waals surface area (Å²) in [6, 6.07) is 22.5. The molecule has 37 heavy (non-hydrogen) atoms. The van der Waals surface area contributed by atoms with Gasteiger partial charge < -0.3 is 15.0 Å². The number of para-hydroxylation sites is 1. The lowest BCUT2D eigenvalue weighted by atomic mass is 10.0. The summed E-state index contributed by atoms with van der Waals surface area (Å²) in [7, 11) is 1.63. The fourth-order valence-electron chi connectivity index (χ4n) is 4.84. The third-order valence-electron chi connectivity index (χ3n) is 6.95. The van der Waals surface area contributed by atoms with E-state index >= 15 is 0 Å². The molecule has 6 nitrogen and oxygen atoms in total. The van der Waals surface area contributed by atoms with Crippen molar-refractivity contribution in [3.8, 4) is 17.0 Å². The number of hydrogen-bond acceptors (Lipinski definition) is 4. The fourth-order valence-corrected chi connectivity index (χ4v) is 4.84. The third-order valence-corrected chi connectivity index (χ3v) is 6.95. The minimum absolute atomic E-state index is 0.0551. The first-order valence-electron chi connectivity index (χ1n) is 12.8. The Balaban J connectivity index is 1.42. The average Bonchev–Trinajstić information content (AvgIpc) is 3.23. The third kappa shape index (κ3) is 5.33. The first-order chi connectivity index (χ1) is 18.0. The summed E-state index contributed by atoms with van der Waals surface area (Å²) in [4.78, 5) is 33.2. The molecule has 0 radical (unpaired) electrons. The Kier molecular flexibility index (Phi) is 7.17. The maximum absolute atomic E-state index is 13.5. The second-order valence-corrected chi connectivity index (χ2v) is 9.49. The van der Waals surface area contributed by atoms with Gasteiger partial charge in [0.2, 0.25) is 0 Å². The van der Waals surface area contributed by atoms with E-state index in [9.17, 15) is 9.59 Å². The van der Waals surface area contributed by atoms with Gasteiger partial charge in [-0.2, -0.15) is 0 Å². The summed E-state index contributed by atoms with van der Waals surface area (Å²) in [6.45, 7) is 3.61. The molecule has 188 valence electrons. The minimum atomic E-state index is -0.223. The Morgan fingerprint density at radius 2 is 1.59 bits per heavy atom. The molecule has 2 heterocycles. The van der Waals surface area contributed by atoms with E-state index in [0.717, 1.165) is 53.7 Å². The number of nitrogens with one attached hydrogen (secondary N) is 1. The van der Waals surface area contributed by atoms with Crippen LogP contribution in [-0.2, 0) is 0 Å². The molecule has 4 aromatic rings. The summed E-state index contributed by atoms with van der Waals surface area (Å²) in [5.41, 5.74) is 5.24. The maximum Gasteiger partial charge on any atom is 0.256 e. The summed E-state index contributed by atoms with van der Waals surface area (Å²) in [5, 5.41) is 3.81. The Hall–Kier alpha value is -4.19. The summed E-state index contributed by atoms with van der Waals surface area (Å²) in [6.07, 6.45) is 4.46. The molecule has 0 bridgehead atoms. The van der Waals surface area contributed by atoms with Gasteiger partial charge in [-0.15, -0.1) is 0 Å². The highest BCUT2D eigenvalue weighted by molar-refractivity contribution is 6.13. The number of aromatic nitrogens is 1. The van der Waals surface area contributed by atoms with E-state index in [1.165, 1.54) is 12.8 Å². The molecule has 0 atom stereocenters. The smallest absolute Gasteiger partial charge is 0.256 e. The van der Waals surface area contributed by atoms with Crippen LogP contribution in [0, 0.1) is 6.92 Å². The van der Waals surface area contributed by atoms with Crippen molar-refractivity contribution in [3.05, 3.63) is 89.5 Å². The van der Waals surface area contributed by atoms with Crippen molar-refractivity contribution < 1.29 is 14.3 Å². The number of carbonyl (C=O) groups is 2. The number of hydrogen-bond donors (Lipinski definition) is 1. The van der Waals surface area contributed by atoms with Crippen LogP contribution in [0.1, 0.15) is 52.0 Å². The number of amides is 2. The number of benzene rings is 3. The highest BCUT2D eigenvalue weighted by Gasteiger charge is 2.18. The minimum Gasteiger partial charge on any atom is -0.497 e. The lowest BCUT2D eigenvalue weighted by molar-refractivity contribution is 0.0761. The molecule has 3 aromatic carbocycles.